The minimum Gasteiger partial charge on any atom is -0.383 e. The number of rotatable bonds is 5. The first kappa shape index (κ1) is 12.9. The van der Waals surface area contributed by atoms with E-state index in [-0.39, 0.29) is 11.4 Å². The largest absolute Gasteiger partial charge is 0.383 e. The highest BCUT2D eigenvalue weighted by molar-refractivity contribution is 6.01. The highest BCUT2D eigenvalue weighted by Gasteiger charge is 2.11. The van der Waals surface area contributed by atoms with Crippen molar-refractivity contribution in [3.8, 4) is 0 Å². The third kappa shape index (κ3) is 3.22. The number of carbonyl (C=O) groups is 1. The van der Waals surface area contributed by atoms with E-state index in [9.17, 15) is 9.59 Å². The number of tetrazole rings is 1. The van der Waals surface area contributed by atoms with Crippen molar-refractivity contribution in [1.29, 1.82) is 0 Å². The first-order chi connectivity index (χ1) is 9.20. The average Bonchev–Trinajstić information content (AvgIpc) is 2.93. The lowest BCUT2D eigenvalue weighted by Gasteiger charge is -2.07. The van der Waals surface area contributed by atoms with E-state index in [1.165, 1.54) is 22.9 Å². The summed E-state index contributed by atoms with van der Waals surface area (Å²) in [5, 5.41) is 15.1. The SMILES string of the molecule is COCCn1cc(NC(=O)c2nn[nH]n2)ccc1=O. The average molecular weight is 264 g/mol. The lowest BCUT2D eigenvalue weighted by Crippen LogP contribution is -2.22. The van der Waals surface area contributed by atoms with Crippen LogP contribution in [0.25, 0.3) is 0 Å². The Morgan fingerprint density at radius 3 is 3.05 bits per heavy atom. The van der Waals surface area contributed by atoms with Crippen LogP contribution in [0.3, 0.4) is 0 Å². The summed E-state index contributed by atoms with van der Waals surface area (Å²) in [5.41, 5.74) is 0.292. The van der Waals surface area contributed by atoms with Gasteiger partial charge in [0.2, 0.25) is 0 Å². The Bertz CT molecular complexity index is 606. The number of nitrogens with zero attached hydrogens (tertiary/aromatic N) is 4. The van der Waals surface area contributed by atoms with Gasteiger partial charge in [0.1, 0.15) is 0 Å². The number of hydrogen-bond donors (Lipinski definition) is 2. The molecule has 0 unspecified atom stereocenters. The Morgan fingerprint density at radius 1 is 1.53 bits per heavy atom. The predicted molar refractivity (Wildman–Crippen MR) is 64.7 cm³/mol. The highest BCUT2D eigenvalue weighted by atomic mass is 16.5. The fraction of sp³-hybridized carbons (Fsp3) is 0.300. The number of hydrogen-bond acceptors (Lipinski definition) is 6. The molecule has 2 rings (SSSR count). The summed E-state index contributed by atoms with van der Waals surface area (Å²) in [6.07, 6.45) is 1.53. The smallest absolute Gasteiger partial charge is 0.297 e. The van der Waals surface area contributed by atoms with Gasteiger partial charge in [0.25, 0.3) is 17.3 Å². The quantitative estimate of drug-likeness (QED) is 0.735. The van der Waals surface area contributed by atoms with E-state index < -0.39 is 5.91 Å². The number of methoxy groups -OCH3 is 1. The summed E-state index contributed by atoms with van der Waals surface area (Å²) in [4.78, 5) is 23.2. The molecule has 2 heterocycles. The Morgan fingerprint density at radius 2 is 2.37 bits per heavy atom. The molecule has 0 radical (unpaired) electrons. The number of aromatic nitrogens is 5. The lowest BCUT2D eigenvalue weighted by atomic mass is 10.4. The number of amides is 1. The summed E-state index contributed by atoms with van der Waals surface area (Å²) in [6.45, 7) is 0.809. The van der Waals surface area contributed by atoms with Crippen LogP contribution in [0.15, 0.2) is 23.1 Å². The third-order valence-electron chi connectivity index (χ3n) is 2.33. The molecule has 0 fully saturated rings. The second kappa shape index (κ2) is 5.87. The summed E-state index contributed by atoms with van der Waals surface area (Å²) in [6, 6.07) is 2.87. The van der Waals surface area contributed by atoms with Crippen molar-refractivity contribution in [3.05, 3.63) is 34.5 Å². The normalized spacial score (nSPS) is 10.4. The molecule has 0 aliphatic carbocycles. The van der Waals surface area contributed by atoms with Crippen LogP contribution < -0.4 is 10.9 Å². The zero-order chi connectivity index (χ0) is 13.7. The molecule has 100 valence electrons. The first-order valence-electron chi connectivity index (χ1n) is 5.45. The zero-order valence-corrected chi connectivity index (χ0v) is 10.2. The van der Waals surface area contributed by atoms with E-state index in [2.05, 4.69) is 25.9 Å². The number of carbonyl (C=O) groups excluding carboxylic acids is 1. The molecule has 2 aromatic rings. The van der Waals surface area contributed by atoms with Crippen LogP contribution in [0.1, 0.15) is 10.6 Å². The molecule has 0 aromatic carbocycles. The summed E-state index contributed by atoms with van der Waals surface area (Å²) in [5.74, 6) is -0.583. The molecule has 0 aliphatic heterocycles. The Hall–Kier alpha value is -2.55. The molecule has 9 heteroatoms. The number of aromatic amines is 1. The maximum atomic E-state index is 11.7. The van der Waals surface area contributed by atoms with E-state index in [0.717, 1.165) is 0 Å². The van der Waals surface area contributed by atoms with Crippen LogP contribution in [0, 0.1) is 0 Å². The minimum atomic E-state index is -0.509. The van der Waals surface area contributed by atoms with Gasteiger partial charge >= 0.3 is 0 Å². The van der Waals surface area contributed by atoms with Crippen molar-refractivity contribution >= 4 is 11.6 Å². The Labute approximate surface area is 107 Å². The fourth-order valence-electron chi connectivity index (χ4n) is 1.41. The van der Waals surface area contributed by atoms with Crippen molar-refractivity contribution < 1.29 is 9.53 Å². The fourth-order valence-corrected chi connectivity index (χ4v) is 1.41. The monoisotopic (exact) mass is 264 g/mol. The van der Waals surface area contributed by atoms with Crippen molar-refractivity contribution in [2.45, 2.75) is 6.54 Å². The van der Waals surface area contributed by atoms with Crippen LogP contribution in [-0.2, 0) is 11.3 Å². The number of ether oxygens (including phenoxy) is 1. The second-order valence-electron chi connectivity index (χ2n) is 3.63. The van der Waals surface area contributed by atoms with E-state index in [0.29, 0.717) is 18.8 Å². The van der Waals surface area contributed by atoms with Gasteiger partial charge in [0.05, 0.1) is 12.3 Å². The molecule has 2 N–H and O–H groups in total. The van der Waals surface area contributed by atoms with E-state index in [1.807, 2.05) is 0 Å². The summed E-state index contributed by atoms with van der Waals surface area (Å²) >= 11 is 0. The van der Waals surface area contributed by atoms with E-state index in [4.69, 9.17) is 4.74 Å². The Kier molecular flexibility index (Phi) is 3.98. The second-order valence-corrected chi connectivity index (χ2v) is 3.63. The van der Waals surface area contributed by atoms with E-state index in [1.54, 1.807) is 7.11 Å². The van der Waals surface area contributed by atoms with Crippen LogP contribution in [0.5, 0.6) is 0 Å². The van der Waals surface area contributed by atoms with Gasteiger partial charge in [0.15, 0.2) is 0 Å². The molecule has 0 aliphatic rings. The highest BCUT2D eigenvalue weighted by Crippen LogP contribution is 2.04. The van der Waals surface area contributed by atoms with Gasteiger partial charge in [-0.3, -0.25) is 9.59 Å². The molecule has 0 bridgehead atoms. The number of pyridine rings is 1. The van der Waals surface area contributed by atoms with Crippen LogP contribution in [0.2, 0.25) is 0 Å². The molecule has 0 saturated carbocycles. The van der Waals surface area contributed by atoms with Gasteiger partial charge in [-0.1, -0.05) is 0 Å². The predicted octanol–water partition coefficient (Wildman–Crippen LogP) is -0.740. The molecular formula is C10H12N6O3. The van der Waals surface area contributed by atoms with Crippen molar-refractivity contribution in [3.63, 3.8) is 0 Å². The molecule has 0 saturated heterocycles. The van der Waals surface area contributed by atoms with Gasteiger partial charge in [-0.15, -0.1) is 10.2 Å². The molecular weight excluding hydrogens is 252 g/mol. The van der Waals surface area contributed by atoms with Crippen LogP contribution >= 0.6 is 0 Å². The van der Waals surface area contributed by atoms with Gasteiger partial charge in [-0.2, -0.15) is 5.21 Å². The number of nitrogens with one attached hydrogen (secondary N) is 2. The first-order valence-corrected chi connectivity index (χ1v) is 5.45. The molecule has 2 aromatic heterocycles. The minimum absolute atomic E-state index is 0.0744. The van der Waals surface area contributed by atoms with Crippen LogP contribution in [0.4, 0.5) is 5.69 Å². The van der Waals surface area contributed by atoms with Gasteiger partial charge in [0, 0.05) is 25.9 Å². The summed E-state index contributed by atoms with van der Waals surface area (Å²) < 4.78 is 6.34. The van der Waals surface area contributed by atoms with Crippen molar-refractivity contribution in [1.82, 2.24) is 25.2 Å². The molecule has 19 heavy (non-hydrogen) atoms. The maximum Gasteiger partial charge on any atom is 0.297 e. The molecule has 0 atom stereocenters. The molecule has 1 amide bonds. The summed E-state index contributed by atoms with van der Waals surface area (Å²) in [7, 11) is 1.55. The number of anilines is 1. The van der Waals surface area contributed by atoms with E-state index >= 15 is 0 Å². The zero-order valence-electron chi connectivity index (χ0n) is 10.2. The van der Waals surface area contributed by atoms with Gasteiger partial charge in [-0.25, -0.2) is 0 Å². The molecule has 9 nitrogen and oxygen atoms in total. The lowest BCUT2D eigenvalue weighted by molar-refractivity contribution is 0.101. The van der Waals surface area contributed by atoms with Crippen LogP contribution in [-0.4, -0.2) is 44.8 Å². The maximum absolute atomic E-state index is 11.7. The van der Waals surface area contributed by atoms with Crippen molar-refractivity contribution in [2.24, 2.45) is 0 Å². The van der Waals surface area contributed by atoms with Crippen molar-refractivity contribution in [2.75, 3.05) is 19.0 Å². The standard InChI is InChI=1S/C10H12N6O3/c1-19-5-4-16-6-7(2-3-8(16)17)11-10(18)9-12-14-15-13-9/h2-3,6H,4-5H2,1H3,(H,11,18)(H,12,13,14,15). The van der Waals surface area contributed by atoms with Gasteiger partial charge < -0.3 is 14.6 Å². The van der Waals surface area contributed by atoms with Gasteiger partial charge in [-0.05, 0) is 11.3 Å². The number of H-pyrrole nitrogens is 1. The third-order valence-corrected chi connectivity index (χ3v) is 2.33. The molecule has 0 spiro atoms. The Balaban J connectivity index is 2.12. The topological polar surface area (TPSA) is 115 Å².